The normalized spacial score (nSPS) is 17.4. The lowest BCUT2D eigenvalue weighted by molar-refractivity contribution is -0.113. The van der Waals surface area contributed by atoms with Crippen LogP contribution in [0.4, 0.5) is 5.69 Å². The molecule has 1 aromatic carbocycles. The van der Waals surface area contributed by atoms with Crippen molar-refractivity contribution < 1.29 is 14.3 Å². The molecular weight excluding hydrogens is 460 g/mol. The van der Waals surface area contributed by atoms with Crippen molar-refractivity contribution >= 4 is 50.8 Å². The van der Waals surface area contributed by atoms with Crippen LogP contribution in [-0.2, 0) is 28.9 Å². The first-order chi connectivity index (χ1) is 16.0. The van der Waals surface area contributed by atoms with Crippen LogP contribution in [0.25, 0.3) is 10.2 Å². The minimum absolute atomic E-state index is 0.0238. The number of rotatable bonds is 7. The highest BCUT2D eigenvalue weighted by Gasteiger charge is 2.26. The molecule has 3 N–H and O–H groups in total. The van der Waals surface area contributed by atoms with Crippen molar-refractivity contribution in [3.63, 3.8) is 0 Å². The van der Waals surface area contributed by atoms with Gasteiger partial charge in [-0.3, -0.25) is 19.0 Å². The van der Waals surface area contributed by atoms with E-state index in [1.54, 1.807) is 40.2 Å². The van der Waals surface area contributed by atoms with Gasteiger partial charge in [0.05, 0.1) is 35.0 Å². The number of carbonyl (C=O) groups excluding carboxylic acids is 2. The van der Waals surface area contributed by atoms with E-state index in [1.165, 1.54) is 16.6 Å². The van der Waals surface area contributed by atoms with E-state index in [9.17, 15) is 14.4 Å². The number of thiophene rings is 1. The average molecular weight is 485 g/mol. The van der Waals surface area contributed by atoms with Crippen molar-refractivity contribution in [2.45, 2.75) is 49.9 Å². The summed E-state index contributed by atoms with van der Waals surface area (Å²) in [5, 5.41) is 3.99. The van der Waals surface area contributed by atoms with Crippen LogP contribution in [-0.4, -0.2) is 39.8 Å². The molecule has 1 atom stereocenters. The molecule has 2 amide bonds. The maximum absolute atomic E-state index is 13.5. The standard InChI is InChI=1S/C23H24N4O4S2/c24-20(29)14-6-1-2-8-16(14)25-18(28)12-32-23-26-21-19(15-7-3-9-17(15)33-21)22(30)27(23)11-13-5-4-10-31-13/h1-2,6,8,13H,3-5,7,9-12H2,(H2,24,29)(H,25,28)/t13-/m0/s1. The van der Waals surface area contributed by atoms with Crippen LogP contribution >= 0.6 is 23.1 Å². The maximum Gasteiger partial charge on any atom is 0.263 e. The third-order valence-corrected chi connectivity index (χ3v) is 8.16. The van der Waals surface area contributed by atoms with E-state index in [2.05, 4.69) is 5.32 Å². The van der Waals surface area contributed by atoms with Crippen LogP contribution < -0.4 is 16.6 Å². The van der Waals surface area contributed by atoms with E-state index < -0.39 is 5.91 Å². The van der Waals surface area contributed by atoms with Gasteiger partial charge in [0, 0.05) is 11.5 Å². The molecule has 1 aliphatic heterocycles. The van der Waals surface area contributed by atoms with Crippen LogP contribution in [0.1, 0.15) is 40.1 Å². The fourth-order valence-corrected chi connectivity index (χ4v) is 6.56. The summed E-state index contributed by atoms with van der Waals surface area (Å²) >= 11 is 2.80. The van der Waals surface area contributed by atoms with Crippen LogP contribution in [0.3, 0.4) is 0 Å². The Labute approximate surface area is 198 Å². The zero-order chi connectivity index (χ0) is 22.9. The van der Waals surface area contributed by atoms with Crippen molar-refractivity contribution in [2.75, 3.05) is 17.7 Å². The predicted molar refractivity (Wildman–Crippen MR) is 129 cm³/mol. The van der Waals surface area contributed by atoms with Gasteiger partial charge < -0.3 is 15.8 Å². The van der Waals surface area contributed by atoms with Crippen LogP contribution in [0, 0.1) is 0 Å². The summed E-state index contributed by atoms with van der Waals surface area (Å²) < 4.78 is 7.46. The minimum atomic E-state index is -0.609. The summed E-state index contributed by atoms with van der Waals surface area (Å²) in [6.07, 6.45) is 4.84. The van der Waals surface area contributed by atoms with Crippen LogP contribution in [0.2, 0.25) is 0 Å². The Hall–Kier alpha value is -2.69. The highest BCUT2D eigenvalue weighted by atomic mass is 32.2. The Bertz CT molecular complexity index is 1290. The molecule has 0 saturated carbocycles. The summed E-state index contributed by atoms with van der Waals surface area (Å²) in [6.45, 7) is 1.13. The van der Waals surface area contributed by atoms with Gasteiger partial charge in [-0.25, -0.2) is 4.98 Å². The molecule has 10 heteroatoms. The summed E-state index contributed by atoms with van der Waals surface area (Å²) in [7, 11) is 0. The van der Waals surface area contributed by atoms with Crippen molar-refractivity contribution in [3.8, 4) is 0 Å². The van der Waals surface area contributed by atoms with Gasteiger partial charge in [0.25, 0.3) is 11.5 Å². The number of hydrogen-bond donors (Lipinski definition) is 2. The smallest absolute Gasteiger partial charge is 0.263 e. The number of aryl methyl sites for hydroxylation is 2. The summed E-state index contributed by atoms with van der Waals surface area (Å²) in [4.78, 5) is 44.6. The number of nitrogens with zero attached hydrogens (tertiary/aromatic N) is 2. The largest absolute Gasteiger partial charge is 0.376 e. The Morgan fingerprint density at radius 2 is 2.12 bits per heavy atom. The number of benzene rings is 1. The summed E-state index contributed by atoms with van der Waals surface area (Å²) in [6, 6.07) is 6.61. The molecule has 5 rings (SSSR count). The Morgan fingerprint density at radius 3 is 2.91 bits per heavy atom. The average Bonchev–Trinajstić information content (AvgIpc) is 3.52. The van der Waals surface area contributed by atoms with Gasteiger partial charge in [-0.1, -0.05) is 23.9 Å². The number of thioether (sulfide) groups is 1. The zero-order valence-electron chi connectivity index (χ0n) is 18.0. The van der Waals surface area contributed by atoms with Gasteiger partial charge in [0.2, 0.25) is 5.91 Å². The number of primary amides is 1. The molecule has 172 valence electrons. The van der Waals surface area contributed by atoms with Gasteiger partial charge in [-0.15, -0.1) is 11.3 Å². The molecule has 1 aliphatic carbocycles. The topological polar surface area (TPSA) is 116 Å². The quantitative estimate of drug-likeness (QED) is 0.393. The molecule has 3 aromatic rings. The summed E-state index contributed by atoms with van der Waals surface area (Å²) in [5.74, 6) is -0.871. The molecule has 2 aliphatic rings. The molecule has 2 aromatic heterocycles. The van der Waals surface area contributed by atoms with Crippen molar-refractivity contribution in [2.24, 2.45) is 5.73 Å². The molecule has 0 bridgehead atoms. The lowest BCUT2D eigenvalue weighted by Crippen LogP contribution is -2.29. The molecule has 1 saturated heterocycles. The van der Waals surface area contributed by atoms with E-state index in [1.807, 2.05) is 0 Å². The Morgan fingerprint density at radius 1 is 1.27 bits per heavy atom. The van der Waals surface area contributed by atoms with E-state index in [4.69, 9.17) is 15.5 Å². The van der Waals surface area contributed by atoms with Crippen molar-refractivity contribution in [1.82, 2.24) is 9.55 Å². The van der Waals surface area contributed by atoms with Crippen LogP contribution in [0.5, 0.6) is 0 Å². The van der Waals surface area contributed by atoms with Gasteiger partial charge in [0.1, 0.15) is 4.83 Å². The second-order valence-corrected chi connectivity index (χ2v) is 10.3. The first-order valence-electron chi connectivity index (χ1n) is 11.0. The van der Waals surface area contributed by atoms with E-state index in [-0.39, 0.29) is 28.9 Å². The molecular formula is C23H24N4O4S2. The number of anilines is 1. The second-order valence-electron chi connectivity index (χ2n) is 8.23. The van der Waals surface area contributed by atoms with Crippen molar-refractivity contribution in [1.29, 1.82) is 0 Å². The number of carbonyl (C=O) groups is 2. The number of nitrogens with two attached hydrogens (primary N) is 1. The second kappa shape index (κ2) is 9.28. The molecule has 0 unspecified atom stereocenters. The number of ether oxygens (including phenoxy) is 1. The molecule has 8 nitrogen and oxygen atoms in total. The number of aromatic nitrogens is 2. The SMILES string of the molecule is NC(=O)c1ccccc1NC(=O)CSc1nc2sc3c(c2c(=O)n1C[C@@H]1CCCO1)CCC3. The van der Waals surface area contributed by atoms with Crippen LogP contribution in [0.15, 0.2) is 34.2 Å². The highest BCUT2D eigenvalue weighted by molar-refractivity contribution is 7.99. The first-order valence-corrected chi connectivity index (χ1v) is 12.8. The monoisotopic (exact) mass is 484 g/mol. The number of hydrogen-bond acceptors (Lipinski definition) is 7. The number of fused-ring (bicyclic) bond motifs is 3. The zero-order valence-corrected chi connectivity index (χ0v) is 19.6. The fraction of sp³-hybridized carbons (Fsp3) is 0.391. The molecule has 3 heterocycles. The maximum atomic E-state index is 13.5. The fourth-order valence-electron chi connectivity index (χ4n) is 4.44. The van der Waals surface area contributed by atoms with E-state index in [0.29, 0.717) is 24.0 Å². The number of nitrogens with one attached hydrogen (secondary N) is 1. The van der Waals surface area contributed by atoms with Gasteiger partial charge >= 0.3 is 0 Å². The number of para-hydroxylation sites is 1. The van der Waals surface area contributed by atoms with Gasteiger partial charge in [-0.2, -0.15) is 0 Å². The minimum Gasteiger partial charge on any atom is -0.376 e. The first kappa shape index (κ1) is 22.1. The summed E-state index contributed by atoms with van der Waals surface area (Å²) in [5.41, 5.74) is 7.11. The predicted octanol–water partition coefficient (Wildman–Crippen LogP) is 2.96. The third-order valence-electron chi connectivity index (χ3n) is 6.00. The number of amides is 2. The van der Waals surface area contributed by atoms with Crippen molar-refractivity contribution in [3.05, 3.63) is 50.6 Å². The van der Waals surface area contributed by atoms with E-state index >= 15 is 0 Å². The van der Waals surface area contributed by atoms with Gasteiger partial charge in [0.15, 0.2) is 5.16 Å². The van der Waals surface area contributed by atoms with Gasteiger partial charge in [-0.05, 0) is 49.8 Å². The molecule has 1 fully saturated rings. The lowest BCUT2D eigenvalue weighted by atomic mass is 10.1. The Kier molecular flexibility index (Phi) is 6.22. The third kappa shape index (κ3) is 4.42. The lowest BCUT2D eigenvalue weighted by Gasteiger charge is -2.16. The molecule has 0 radical (unpaired) electrons. The van der Waals surface area contributed by atoms with E-state index in [0.717, 1.165) is 47.9 Å². The Balaban J connectivity index is 1.41. The molecule has 33 heavy (non-hydrogen) atoms. The molecule has 0 spiro atoms. The highest BCUT2D eigenvalue weighted by Crippen LogP contribution is 2.35.